The number of anilines is 1. The van der Waals surface area contributed by atoms with E-state index >= 15 is 0 Å². The fourth-order valence-electron chi connectivity index (χ4n) is 4.82. The molecular weight excluding hydrogens is 438 g/mol. The van der Waals surface area contributed by atoms with Gasteiger partial charge >= 0.3 is 0 Å². The van der Waals surface area contributed by atoms with Crippen LogP contribution < -0.4 is 15.8 Å². The number of likely N-dealkylation sites (tertiary alicyclic amines) is 1. The van der Waals surface area contributed by atoms with E-state index in [0.29, 0.717) is 29.2 Å². The van der Waals surface area contributed by atoms with Crippen LogP contribution in [0.15, 0.2) is 24.3 Å². The number of nitrogen functional groups attached to an aromatic ring is 1. The van der Waals surface area contributed by atoms with Crippen LogP contribution in [0, 0.1) is 11.3 Å². The SMILES string of the molecule is Cl.N#Cc1c(C2CCCNC2)cc(-c2c(O)cccc2OCCN2CCCCCC2)nc1N. The van der Waals surface area contributed by atoms with E-state index in [-0.39, 0.29) is 29.9 Å². The first-order chi connectivity index (χ1) is 15.7. The number of piperidine rings is 1. The van der Waals surface area contributed by atoms with E-state index in [4.69, 9.17) is 10.5 Å². The second-order valence-corrected chi connectivity index (χ2v) is 8.77. The number of nitrogens with two attached hydrogens (primary N) is 1. The molecule has 2 aliphatic rings. The maximum absolute atomic E-state index is 10.7. The highest BCUT2D eigenvalue weighted by molar-refractivity contribution is 5.85. The summed E-state index contributed by atoms with van der Waals surface area (Å²) in [6.07, 6.45) is 7.13. The third-order valence-electron chi connectivity index (χ3n) is 6.55. The van der Waals surface area contributed by atoms with Gasteiger partial charge in [-0.15, -0.1) is 12.4 Å². The van der Waals surface area contributed by atoms with Crippen LogP contribution in [0.3, 0.4) is 0 Å². The van der Waals surface area contributed by atoms with Crippen LogP contribution in [0.5, 0.6) is 11.5 Å². The highest BCUT2D eigenvalue weighted by Crippen LogP contribution is 2.40. The molecule has 1 aromatic heterocycles. The van der Waals surface area contributed by atoms with Crippen LogP contribution in [0.4, 0.5) is 5.82 Å². The second-order valence-electron chi connectivity index (χ2n) is 8.77. The number of ether oxygens (including phenoxy) is 1. The molecule has 178 valence electrons. The topological polar surface area (TPSA) is 107 Å². The lowest BCUT2D eigenvalue weighted by molar-refractivity contribution is 0.214. The lowest BCUT2D eigenvalue weighted by Crippen LogP contribution is -2.29. The number of rotatable bonds is 6. The smallest absolute Gasteiger partial charge is 0.142 e. The van der Waals surface area contributed by atoms with Crippen LogP contribution in [-0.4, -0.2) is 54.3 Å². The Hall–Kier alpha value is -2.53. The van der Waals surface area contributed by atoms with Crippen molar-refractivity contribution in [3.05, 3.63) is 35.4 Å². The van der Waals surface area contributed by atoms with Gasteiger partial charge in [0, 0.05) is 13.1 Å². The van der Waals surface area contributed by atoms with Crippen molar-refractivity contribution in [3.8, 4) is 28.8 Å². The number of phenols is 1. The largest absolute Gasteiger partial charge is 0.507 e. The molecule has 2 aromatic rings. The zero-order valence-corrected chi connectivity index (χ0v) is 19.9. The molecule has 0 amide bonds. The lowest BCUT2D eigenvalue weighted by atomic mass is 9.88. The van der Waals surface area contributed by atoms with Crippen molar-refractivity contribution in [3.63, 3.8) is 0 Å². The van der Waals surface area contributed by atoms with Gasteiger partial charge in [-0.2, -0.15) is 5.26 Å². The Morgan fingerprint density at radius 2 is 2.00 bits per heavy atom. The molecule has 1 unspecified atom stereocenters. The summed E-state index contributed by atoms with van der Waals surface area (Å²) in [5, 5.41) is 23.8. The zero-order valence-electron chi connectivity index (χ0n) is 19.1. The Morgan fingerprint density at radius 3 is 2.70 bits per heavy atom. The molecule has 33 heavy (non-hydrogen) atoms. The van der Waals surface area contributed by atoms with Crippen LogP contribution >= 0.6 is 12.4 Å². The van der Waals surface area contributed by atoms with Gasteiger partial charge in [-0.1, -0.05) is 18.9 Å². The number of hydrogen-bond acceptors (Lipinski definition) is 7. The third-order valence-corrected chi connectivity index (χ3v) is 6.55. The van der Waals surface area contributed by atoms with Gasteiger partial charge in [0.25, 0.3) is 0 Å². The molecule has 1 aromatic carbocycles. The van der Waals surface area contributed by atoms with Crippen LogP contribution in [0.1, 0.15) is 55.6 Å². The highest BCUT2D eigenvalue weighted by atomic mass is 35.5. The maximum atomic E-state index is 10.7. The minimum absolute atomic E-state index is 0. The molecule has 0 spiro atoms. The van der Waals surface area contributed by atoms with Gasteiger partial charge in [0.15, 0.2) is 0 Å². The standard InChI is InChI=1S/C25H33N5O2.ClH/c26-16-20-19(18-7-6-10-28-17-18)15-21(29-25(20)27)24-22(31)8-5-9-23(24)32-14-13-30-11-3-1-2-4-12-30;/h5,8-9,15,18,28,31H,1-4,6-7,10-14,17H2,(H2,27,29);1H. The molecule has 3 heterocycles. The number of phenolic OH excluding ortho intramolecular Hbond substituents is 1. The number of halogens is 1. The van der Waals surface area contributed by atoms with E-state index in [1.165, 1.54) is 25.7 Å². The third kappa shape index (κ3) is 6.08. The van der Waals surface area contributed by atoms with E-state index in [1.54, 1.807) is 12.1 Å². The van der Waals surface area contributed by atoms with Gasteiger partial charge in [0.05, 0.1) is 16.8 Å². The van der Waals surface area contributed by atoms with Crippen molar-refractivity contribution < 1.29 is 9.84 Å². The molecule has 0 aliphatic carbocycles. The van der Waals surface area contributed by atoms with Gasteiger partial charge in [-0.3, -0.25) is 4.90 Å². The number of nitriles is 1. The molecule has 2 saturated heterocycles. The average Bonchev–Trinajstić information content (AvgIpc) is 3.08. The van der Waals surface area contributed by atoms with Gasteiger partial charge in [-0.25, -0.2) is 4.98 Å². The summed E-state index contributed by atoms with van der Waals surface area (Å²) in [5.74, 6) is 1.08. The summed E-state index contributed by atoms with van der Waals surface area (Å²) in [7, 11) is 0. The first kappa shape index (κ1) is 25.1. The molecule has 0 bridgehead atoms. The molecule has 8 heteroatoms. The summed E-state index contributed by atoms with van der Waals surface area (Å²) in [5.41, 5.74) is 8.61. The van der Waals surface area contributed by atoms with Crippen molar-refractivity contribution in [1.29, 1.82) is 5.26 Å². The number of benzene rings is 1. The highest BCUT2D eigenvalue weighted by Gasteiger charge is 2.24. The van der Waals surface area contributed by atoms with Crippen molar-refractivity contribution in [2.75, 3.05) is 45.1 Å². The molecule has 4 N–H and O–H groups in total. The van der Waals surface area contributed by atoms with E-state index in [0.717, 1.165) is 51.1 Å². The van der Waals surface area contributed by atoms with Gasteiger partial charge in [0.2, 0.25) is 0 Å². The van der Waals surface area contributed by atoms with Crippen LogP contribution in [-0.2, 0) is 0 Å². The summed E-state index contributed by atoms with van der Waals surface area (Å²) >= 11 is 0. The maximum Gasteiger partial charge on any atom is 0.142 e. The van der Waals surface area contributed by atoms with Crippen molar-refractivity contribution in [2.24, 2.45) is 0 Å². The molecular formula is C25H34ClN5O2. The van der Waals surface area contributed by atoms with E-state index in [9.17, 15) is 10.4 Å². The molecule has 0 saturated carbocycles. The molecule has 7 nitrogen and oxygen atoms in total. The van der Waals surface area contributed by atoms with E-state index in [2.05, 4.69) is 21.3 Å². The Kier molecular flexibility index (Phi) is 9.19. The summed E-state index contributed by atoms with van der Waals surface area (Å²) in [4.78, 5) is 6.93. The van der Waals surface area contributed by atoms with Gasteiger partial charge in [-0.05, 0) is 75.0 Å². The normalized spacial score (nSPS) is 19.2. The predicted octanol–water partition coefficient (Wildman–Crippen LogP) is 4.05. The number of hydrogen-bond donors (Lipinski definition) is 3. The number of aromatic nitrogens is 1. The molecule has 4 rings (SSSR count). The van der Waals surface area contributed by atoms with Crippen LogP contribution in [0.25, 0.3) is 11.3 Å². The monoisotopic (exact) mass is 471 g/mol. The quantitative estimate of drug-likeness (QED) is 0.583. The summed E-state index contributed by atoms with van der Waals surface area (Å²) < 4.78 is 6.14. The molecule has 0 radical (unpaired) electrons. The molecule has 1 atom stereocenters. The van der Waals surface area contributed by atoms with Crippen molar-refractivity contribution >= 4 is 18.2 Å². The first-order valence-corrected chi connectivity index (χ1v) is 11.8. The van der Waals surface area contributed by atoms with Gasteiger partial charge in [0.1, 0.15) is 30.0 Å². The fourth-order valence-corrected chi connectivity index (χ4v) is 4.82. The second kappa shape index (κ2) is 12.1. The molecule has 2 fully saturated rings. The minimum atomic E-state index is 0. The Balaban J connectivity index is 0.00000306. The summed E-state index contributed by atoms with van der Waals surface area (Å²) in [6.45, 7) is 5.42. The van der Waals surface area contributed by atoms with E-state index < -0.39 is 0 Å². The Bertz CT molecular complexity index is 964. The average molecular weight is 472 g/mol. The predicted molar refractivity (Wildman–Crippen MR) is 133 cm³/mol. The van der Waals surface area contributed by atoms with Crippen molar-refractivity contribution in [1.82, 2.24) is 15.2 Å². The number of nitrogens with one attached hydrogen (secondary N) is 1. The minimum Gasteiger partial charge on any atom is -0.507 e. The van der Waals surface area contributed by atoms with E-state index in [1.807, 2.05) is 12.1 Å². The number of pyridine rings is 1. The van der Waals surface area contributed by atoms with Crippen LogP contribution in [0.2, 0.25) is 0 Å². The Labute approximate surface area is 202 Å². The number of aromatic hydroxyl groups is 1. The first-order valence-electron chi connectivity index (χ1n) is 11.8. The Morgan fingerprint density at radius 1 is 1.21 bits per heavy atom. The fraction of sp³-hybridized carbons (Fsp3) is 0.520. The lowest BCUT2D eigenvalue weighted by Gasteiger charge is -2.25. The molecule has 2 aliphatic heterocycles. The van der Waals surface area contributed by atoms with Gasteiger partial charge < -0.3 is 20.9 Å². The number of nitrogens with zero attached hydrogens (tertiary/aromatic N) is 3. The zero-order chi connectivity index (χ0) is 22.3. The van der Waals surface area contributed by atoms with Crippen molar-refractivity contribution in [2.45, 2.75) is 44.4 Å². The summed E-state index contributed by atoms with van der Waals surface area (Å²) in [6, 6.07) is 9.40.